The lowest BCUT2D eigenvalue weighted by molar-refractivity contribution is 0.0644. The molecule has 1 heterocycles. The molecule has 2 rings (SSSR count). The zero-order valence-corrected chi connectivity index (χ0v) is 12.0. The number of hydrogen-bond donors (Lipinski definition) is 1. The molecule has 1 aromatic carbocycles. The zero-order chi connectivity index (χ0) is 13.8. The first kappa shape index (κ1) is 13.9. The first-order valence-corrected chi connectivity index (χ1v) is 6.85. The summed E-state index contributed by atoms with van der Waals surface area (Å²) >= 11 is 0. The van der Waals surface area contributed by atoms with E-state index in [1.807, 2.05) is 43.3 Å². The van der Waals surface area contributed by atoms with Gasteiger partial charge < -0.3 is 15.1 Å². The summed E-state index contributed by atoms with van der Waals surface area (Å²) in [5.74, 6) is 0.114. The number of nitrogens with zero attached hydrogens (tertiary/aromatic N) is 2. The molecule has 104 valence electrons. The topological polar surface area (TPSA) is 35.6 Å². The van der Waals surface area contributed by atoms with Gasteiger partial charge in [-0.1, -0.05) is 0 Å². The van der Waals surface area contributed by atoms with Crippen LogP contribution in [0.5, 0.6) is 0 Å². The van der Waals surface area contributed by atoms with Crippen LogP contribution in [0.25, 0.3) is 0 Å². The van der Waals surface area contributed by atoms with Gasteiger partial charge in [0.05, 0.1) is 0 Å². The highest BCUT2D eigenvalue weighted by Crippen LogP contribution is 2.17. The summed E-state index contributed by atoms with van der Waals surface area (Å²) in [5, 5.41) is 3.06. The molecule has 1 fully saturated rings. The van der Waals surface area contributed by atoms with Gasteiger partial charge in [0.25, 0.3) is 5.91 Å². The molecule has 1 saturated heterocycles. The second kappa shape index (κ2) is 6.06. The molecule has 1 aromatic rings. The normalized spacial score (nSPS) is 20.1. The molecule has 1 aliphatic heterocycles. The SMILES string of the molecule is CNc1ccc(C(=O)N(C)C2CCCN(C)C2)cc1. The van der Waals surface area contributed by atoms with E-state index < -0.39 is 0 Å². The molecule has 4 nitrogen and oxygen atoms in total. The van der Waals surface area contributed by atoms with Crippen LogP contribution < -0.4 is 5.32 Å². The summed E-state index contributed by atoms with van der Waals surface area (Å²) in [5.41, 5.74) is 1.78. The Hall–Kier alpha value is -1.55. The van der Waals surface area contributed by atoms with Crippen molar-refractivity contribution in [2.75, 3.05) is 39.5 Å². The summed E-state index contributed by atoms with van der Waals surface area (Å²) in [7, 11) is 5.91. The number of anilines is 1. The van der Waals surface area contributed by atoms with Gasteiger partial charge in [0, 0.05) is 37.9 Å². The number of carbonyl (C=O) groups is 1. The number of carbonyl (C=O) groups excluding carboxylic acids is 1. The van der Waals surface area contributed by atoms with Crippen molar-refractivity contribution in [1.82, 2.24) is 9.80 Å². The number of amides is 1. The van der Waals surface area contributed by atoms with Gasteiger partial charge in [-0.2, -0.15) is 0 Å². The molecule has 1 aliphatic rings. The Balaban J connectivity index is 2.05. The maximum atomic E-state index is 12.4. The Morgan fingerprint density at radius 3 is 2.63 bits per heavy atom. The van der Waals surface area contributed by atoms with Crippen LogP contribution in [-0.2, 0) is 0 Å². The smallest absolute Gasteiger partial charge is 0.253 e. The molecular weight excluding hydrogens is 238 g/mol. The number of likely N-dealkylation sites (N-methyl/N-ethyl adjacent to an activating group) is 2. The molecular formula is C15H23N3O. The number of benzene rings is 1. The molecule has 0 aliphatic carbocycles. The Morgan fingerprint density at radius 1 is 1.37 bits per heavy atom. The van der Waals surface area contributed by atoms with Crippen molar-refractivity contribution in [1.29, 1.82) is 0 Å². The largest absolute Gasteiger partial charge is 0.388 e. The van der Waals surface area contributed by atoms with E-state index in [0.29, 0.717) is 6.04 Å². The summed E-state index contributed by atoms with van der Waals surface area (Å²) in [4.78, 5) is 16.6. The van der Waals surface area contributed by atoms with Gasteiger partial charge in [-0.15, -0.1) is 0 Å². The minimum absolute atomic E-state index is 0.114. The van der Waals surface area contributed by atoms with Crippen LogP contribution >= 0.6 is 0 Å². The van der Waals surface area contributed by atoms with E-state index in [4.69, 9.17) is 0 Å². The Kier molecular flexibility index (Phi) is 4.43. The predicted molar refractivity (Wildman–Crippen MR) is 78.6 cm³/mol. The molecule has 1 amide bonds. The van der Waals surface area contributed by atoms with Crippen molar-refractivity contribution < 1.29 is 4.79 Å². The van der Waals surface area contributed by atoms with E-state index in [-0.39, 0.29) is 5.91 Å². The molecule has 1 N–H and O–H groups in total. The van der Waals surface area contributed by atoms with Gasteiger partial charge in [0.2, 0.25) is 0 Å². The molecule has 0 bridgehead atoms. The third-order valence-electron chi connectivity index (χ3n) is 3.89. The van der Waals surface area contributed by atoms with Crippen LogP contribution in [0, 0.1) is 0 Å². The number of nitrogens with one attached hydrogen (secondary N) is 1. The molecule has 1 unspecified atom stereocenters. The number of likely N-dealkylation sites (tertiary alicyclic amines) is 1. The first-order chi connectivity index (χ1) is 9.11. The molecule has 4 heteroatoms. The first-order valence-electron chi connectivity index (χ1n) is 6.85. The van der Waals surface area contributed by atoms with Crippen LogP contribution in [-0.4, -0.2) is 56.0 Å². The number of hydrogen-bond acceptors (Lipinski definition) is 3. The summed E-state index contributed by atoms with van der Waals surface area (Å²) < 4.78 is 0. The third kappa shape index (κ3) is 3.26. The Bertz CT molecular complexity index is 430. The summed E-state index contributed by atoms with van der Waals surface area (Å²) in [6.45, 7) is 2.10. The van der Waals surface area contributed by atoms with E-state index >= 15 is 0 Å². The van der Waals surface area contributed by atoms with Crippen LogP contribution in [0.4, 0.5) is 5.69 Å². The lowest BCUT2D eigenvalue weighted by Gasteiger charge is -2.35. The fourth-order valence-corrected chi connectivity index (χ4v) is 2.60. The second-order valence-corrected chi connectivity index (χ2v) is 5.30. The lowest BCUT2D eigenvalue weighted by Crippen LogP contribution is -2.47. The molecule has 0 saturated carbocycles. The van der Waals surface area contributed by atoms with Gasteiger partial charge in [-0.05, 0) is 50.7 Å². The maximum absolute atomic E-state index is 12.4. The van der Waals surface area contributed by atoms with Gasteiger partial charge >= 0.3 is 0 Å². The number of piperidine rings is 1. The summed E-state index contributed by atoms with van der Waals surface area (Å²) in [6, 6.07) is 7.98. The molecule has 19 heavy (non-hydrogen) atoms. The van der Waals surface area contributed by atoms with Crippen molar-refractivity contribution >= 4 is 11.6 Å². The van der Waals surface area contributed by atoms with E-state index in [2.05, 4.69) is 17.3 Å². The third-order valence-corrected chi connectivity index (χ3v) is 3.89. The van der Waals surface area contributed by atoms with E-state index in [0.717, 1.165) is 37.2 Å². The highest BCUT2D eigenvalue weighted by atomic mass is 16.2. The van der Waals surface area contributed by atoms with E-state index in [1.54, 1.807) is 0 Å². The predicted octanol–water partition coefficient (Wildman–Crippen LogP) is 1.89. The van der Waals surface area contributed by atoms with E-state index in [9.17, 15) is 4.79 Å². The highest BCUT2D eigenvalue weighted by molar-refractivity contribution is 5.94. The average Bonchev–Trinajstić information content (AvgIpc) is 2.46. The average molecular weight is 261 g/mol. The van der Waals surface area contributed by atoms with Crippen LogP contribution in [0.2, 0.25) is 0 Å². The zero-order valence-electron chi connectivity index (χ0n) is 12.0. The van der Waals surface area contributed by atoms with Gasteiger partial charge in [-0.25, -0.2) is 0 Å². The minimum Gasteiger partial charge on any atom is -0.388 e. The van der Waals surface area contributed by atoms with E-state index in [1.165, 1.54) is 0 Å². The van der Waals surface area contributed by atoms with Crippen LogP contribution in [0.15, 0.2) is 24.3 Å². The molecule has 0 radical (unpaired) electrons. The van der Waals surface area contributed by atoms with Gasteiger partial charge in [-0.3, -0.25) is 4.79 Å². The standard InChI is InChI=1S/C15H23N3O/c1-16-13-8-6-12(7-9-13)15(19)18(3)14-5-4-10-17(2)11-14/h6-9,14,16H,4-5,10-11H2,1-3H3. The Labute approximate surface area is 115 Å². The van der Waals surface area contributed by atoms with Crippen molar-refractivity contribution in [3.05, 3.63) is 29.8 Å². The second-order valence-electron chi connectivity index (χ2n) is 5.30. The summed E-state index contributed by atoms with van der Waals surface area (Å²) in [6.07, 6.45) is 2.26. The maximum Gasteiger partial charge on any atom is 0.253 e. The van der Waals surface area contributed by atoms with Crippen molar-refractivity contribution in [2.24, 2.45) is 0 Å². The molecule has 1 atom stereocenters. The van der Waals surface area contributed by atoms with Crippen molar-refractivity contribution in [2.45, 2.75) is 18.9 Å². The molecule has 0 spiro atoms. The Morgan fingerprint density at radius 2 is 2.05 bits per heavy atom. The van der Waals surface area contributed by atoms with Crippen molar-refractivity contribution in [3.8, 4) is 0 Å². The fraction of sp³-hybridized carbons (Fsp3) is 0.533. The quantitative estimate of drug-likeness (QED) is 0.902. The van der Waals surface area contributed by atoms with Crippen molar-refractivity contribution in [3.63, 3.8) is 0 Å². The molecule has 0 aromatic heterocycles. The monoisotopic (exact) mass is 261 g/mol. The van der Waals surface area contributed by atoms with Crippen LogP contribution in [0.1, 0.15) is 23.2 Å². The lowest BCUT2D eigenvalue weighted by atomic mass is 10.0. The highest BCUT2D eigenvalue weighted by Gasteiger charge is 2.24. The van der Waals surface area contributed by atoms with Gasteiger partial charge in [0.1, 0.15) is 0 Å². The fourth-order valence-electron chi connectivity index (χ4n) is 2.60. The van der Waals surface area contributed by atoms with Gasteiger partial charge in [0.15, 0.2) is 0 Å². The van der Waals surface area contributed by atoms with Crippen LogP contribution in [0.3, 0.4) is 0 Å². The minimum atomic E-state index is 0.114. The number of rotatable bonds is 3.